The monoisotopic (exact) mass is 364 g/mol. The van der Waals surface area contributed by atoms with Gasteiger partial charge in [0.25, 0.3) is 5.69 Å². The third kappa shape index (κ3) is 4.45. The maximum absolute atomic E-state index is 12.3. The predicted octanol–water partition coefficient (Wildman–Crippen LogP) is 4.89. The number of nitro benzene ring substituents is 1. The van der Waals surface area contributed by atoms with Crippen LogP contribution in [0.25, 0.3) is 11.1 Å². The van der Waals surface area contributed by atoms with Gasteiger partial charge in [-0.15, -0.1) is 13.2 Å². The highest BCUT2D eigenvalue weighted by Crippen LogP contribution is 2.36. The minimum atomic E-state index is -4.78. The van der Waals surface area contributed by atoms with Crippen LogP contribution in [0.3, 0.4) is 0 Å². The van der Waals surface area contributed by atoms with Crippen LogP contribution in [0.2, 0.25) is 0 Å². The molecule has 0 saturated heterocycles. The van der Waals surface area contributed by atoms with E-state index in [0.29, 0.717) is 22.4 Å². The summed E-state index contributed by atoms with van der Waals surface area (Å²) < 4.78 is 40.7. The number of hydrogen-bond donors (Lipinski definition) is 0. The molecule has 0 unspecified atom stereocenters. The Morgan fingerprint density at radius 3 is 2.31 bits per heavy atom. The van der Waals surface area contributed by atoms with Gasteiger partial charge in [-0.05, 0) is 42.7 Å². The molecule has 0 amide bonds. The van der Waals surface area contributed by atoms with E-state index in [1.54, 1.807) is 25.8 Å². The zero-order chi connectivity index (χ0) is 19.5. The summed E-state index contributed by atoms with van der Waals surface area (Å²) in [6.45, 7) is 3.41. The number of non-ortho nitro benzene ring substituents is 1. The molecule has 8 heteroatoms. The maximum atomic E-state index is 12.3. The molecule has 136 valence electrons. The average molecular weight is 364 g/mol. The number of alkyl halides is 3. The van der Waals surface area contributed by atoms with E-state index >= 15 is 0 Å². The van der Waals surface area contributed by atoms with E-state index in [9.17, 15) is 23.3 Å². The molecule has 0 aromatic heterocycles. The van der Waals surface area contributed by atoms with Crippen LogP contribution >= 0.6 is 0 Å². The zero-order valence-electron chi connectivity index (χ0n) is 14.2. The molecular weight excluding hydrogens is 349 g/mol. The van der Waals surface area contributed by atoms with Crippen LogP contribution in [-0.4, -0.2) is 18.3 Å². The highest BCUT2D eigenvalue weighted by Gasteiger charge is 2.31. The van der Waals surface area contributed by atoms with Gasteiger partial charge >= 0.3 is 6.36 Å². The van der Waals surface area contributed by atoms with Crippen molar-refractivity contribution in [1.29, 1.82) is 0 Å². The van der Waals surface area contributed by atoms with Gasteiger partial charge in [-0.25, -0.2) is 0 Å². The summed E-state index contributed by atoms with van der Waals surface area (Å²) in [4.78, 5) is 12.3. The average Bonchev–Trinajstić information content (AvgIpc) is 2.54. The van der Waals surface area contributed by atoms with Gasteiger partial charge in [0, 0.05) is 25.2 Å². The first-order valence-corrected chi connectivity index (χ1v) is 7.43. The largest absolute Gasteiger partial charge is 0.573 e. The molecule has 0 heterocycles. The minimum Gasteiger partial charge on any atom is -0.406 e. The molecule has 0 saturated carbocycles. The molecule has 26 heavy (non-hydrogen) atoms. The zero-order valence-corrected chi connectivity index (χ0v) is 14.2. The number of anilines is 1. The molecule has 0 fully saturated rings. The van der Waals surface area contributed by atoms with Gasteiger partial charge in [0.05, 0.1) is 10.6 Å². The summed E-state index contributed by atoms with van der Waals surface area (Å²) in [7, 11) is 1.67. The van der Waals surface area contributed by atoms with Gasteiger partial charge in [-0.2, -0.15) is 0 Å². The van der Waals surface area contributed by atoms with Crippen molar-refractivity contribution in [3.8, 4) is 28.8 Å². The molecule has 0 radical (unpaired) electrons. The van der Waals surface area contributed by atoms with Crippen LogP contribution < -0.4 is 9.64 Å². The van der Waals surface area contributed by atoms with E-state index in [1.807, 2.05) is 0 Å². The summed E-state index contributed by atoms with van der Waals surface area (Å²) >= 11 is 0. The summed E-state index contributed by atoms with van der Waals surface area (Å²) in [6, 6.07) is 10.7. The fourth-order valence-electron chi connectivity index (χ4n) is 2.50. The molecule has 2 rings (SSSR count). The lowest BCUT2D eigenvalue weighted by molar-refractivity contribution is -0.384. The van der Waals surface area contributed by atoms with Crippen LogP contribution in [0.1, 0.15) is 12.5 Å². The minimum absolute atomic E-state index is 0.138. The van der Waals surface area contributed by atoms with Crippen LogP contribution in [-0.2, 0) is 0 Å². The maximum Gasteiger partial charge on any atom is 0.573 e. The van der Waals surface area contributed by atoms with Crippen molar-refractivity contribution in [2.45, 2.75) is 20.2 Å². The Labute approximate surface area is 148 Å². The first-order chi connectivity index (χ1) is 12.1. The second-order valence-electron chi connectivity index (χ2n) is 5.39. The number of halogens is 3. The predicted molar refractivity (Wildman–Crippen MR) is 91.8 cm³/mol. The van der Waals surface area contributed by atoms with Crippen LogP contribution in [0, 0.1) is 29.0 Å². The molecular formula is C18H15F3N2O3. The molecule has 0 aliphatic rings. The van der Waals surface area contributed by atoms with Gasteiger partial charge in [0.15, 0.2) is 0 Å². The second-order valence-corrected chi connectivity index (χ2v) is 5.39. The Morgan fingerprint density at radius 1 is 1.19 bits per heavy atom. The first kappa shape index (κ1) is 19.1. The lowest BCUT2D eigenvalue weighted by Gasteiger charge is -2.17. The van der Waals surface area contributed by atoms with Crippen molar-refractivity contribution >= 4 is 11.4 Å². The lowest BCUT2D eigenvalue weighted by Crippen LogP contribution is -2.16. The van der Waals surface area contributed by atoms with Crippen molar-refractivity contribution in [2.75, 3.05) is 11.9 Å². The molecule has 2 aromatic rings. The Morgan fingerprint density at radius 2 is 1.81 bits per heavy atom. The van der Waals surface area contributed by atoms with E-state index in [-0.39, 0.29) is 11.4 Å². The Balaban J connectivity index is 2.53. The highest BCUT2D eigenvalue weighted by atomic mass is 19.4. The fraction of sp³-hybridized carbons (Fsp3) is 0.222. The summed E-state index contributed by atoms with van der Waals surface area (Å²) in [5.74, 6) is 2.35. The first-order valence-electron chi connectivity index (χ1n) is 7.43. The van der Waals surface area contributed by atoms with Crippen LogP contribution in [0.4, 0.5) is 24.5 Å². The second kappa shape index (κ2) is 7.35. The number of hydrogen-bond acceptors (Lipinski definition) is 4. The third-order valence-corrected chi connectivity index (χ3v) is 3.62. The standard InChI is InChI=1S/C18H15F3N2O3/c1-4-9-22(3)17-11-14(23(24)25)10-16(12(17)2)13-5-7-15(8-6-13)26-18(19,20)21/h5-8,10-11H,1-3H3. The number of ether oxygens (including phenoxy) is 1. The Hall–Kier alpha value is -3.21. The smallest absolute Gasteiger partial charge is 0.406 e. The van der Waals surface area contributed by atoms with Crippen LogP contribution in [0.15, 0.2) is 36.4 Å². The number of rotatable bonds is 4. The van der Waals surface area contributed by atoms with Gasteiger partial charge < -0.3 is 9.64 Å². The molecule has 0 atom stereocenters. The molecule has 0 N–H and O–H groups in total. The van der Waals surface area contributed by atoms with Gasteiger partial charge in [0.1, 0.15) is 5.75 Å². The molecule has 2 aromatic carbocycles. The Bertz CT molecular complexity index is 882. The van der Waals surface area contributed by atoms with Crippen molar-refractivity contribution in [3.63, 3.8) is 0 Å². The van der Waals surface area contributed by atoms with Gasteiger partial charge in [-0.3, -0.25) is 10.1 Å². The molecule has 5 nitrogen and oxygen atoms in total. The van der Waals surface area contributed by atoms with Gasteiger partial charge in [-0.1, -0.05) is 18.1 Å². The van der Waals surface area contributed by atoms with E-state index < -0.39 is 11.3 Å². The van der Waals surface area contributed by atoms with E-state index in [1.165, 1.54) is 24.3 Å². The Kier molecular flexibility index (Phi) is 5.41. The fourth-order valence-corrected chi connectivity index (χ4v) is 2.50. The van der Waals surface area contributed by atoms with E-state index in [4.69, 9.17) is 0 Å². The van der Waals surface area contributed by atoms with Crippen LogP contribution in [0.5, 0.6) is 5.75 Å². The van der Waals surface area contributed by atoms with Crippen molar-refractivity contribution in [3.05, 3.63) is 52.1 Å². The quantitative estimate of drug-likeness (QED) is 0.336. The third-order valence-electron chi connectivity index (χ3n) is 3.62. The van der Waals surface area contributed by atoms with E-state index in [2.05, 4.69) is 16.7 Å². The summed E-state index contributed by atoms with van der Waals surface area (Å²) in [5, 5.41) is 11.2. The van der Waals surface area contributed by atoms with Crippen molar-refractivity contribution < 1.29 is 22.8 Å². The van der Waals surface area contributed by atoms with Gasteiger partial charge in [0.2, 0.25) is 0 Å². The molecule has 0 spiro atoms. The normalized spacial score (nSPS) is 10.7. The molecule has 0 aliphatic carbocycles. The van der Waals surface area contributed by atoms with E-state index in [0.717, 1.165) is 12.1 Å². The SMILES string of the molecule is CC#CN(C)c1cc([N+](=O)[O-])cc(-c2ccc(OC(F)(F)F)cc2)c1C. The molecule has 0 aliphatic heterocycles. The lowest BCUT2D eigenvalue weighted by atomic mass is 9.97. The summed E-state index contributed by atoms with van der Waals surface area (Å²) in [6.07, 6.45) is -4.78. The number of benzene rings is 2. The number of nitrogens with zero attached hydrogens (tertiary/aromatic N) is 2. The topological polar surface area (TPSA) is 55.6 Å². The highest BCUT2D eigenvalue weighted by molar-refractivity contribution is 5.78. The summed E-state index contributed by atoms with van der Waals surface area (Å²) in [5.41, 5.74) is 2.17. The number of nitro groups is 1. The molecule has 0 bridgehead atoms. The van der Waals surface area contributed by atoms with Crippen molar-refractivity contribution in [1.82, 2.24) is 0 Å². The van der Waals surface area contributed by atoms with Crippen molar-refractivity contribution in [2.24, 2.45) is 0 Å².